The van der Waals surface area contributed by atoms with E-state index in [2.05, 4.69) is 4.90 Å². The van der Waals surface area contributed by atoms with Gasteiger partial charge in [0.25, 0.3) is 0 Å². The molecule has 2 atom stereocenters. The van der Waals surface area contributed by atoms with Gasteiger partial charge in [-0.15, -0.1) is 0 Å². The Morgan fingerprint density at radius 1 is 1.12 bits per heavy atom. The number of hydrogen-bond donors (Lipinski definition) is 2. The lowest BCUT2D eigenvalue weighted by molar-refractivity contribution is -0.00461. The van der Waals surface area contributed by atoms with Crippen molar-refractivity contribution in [2.75, 3.05) is 47.1 Å². The number of rotatable bonds is 6. The maximum absolute atomic E-state index is 9.24. The van der Waals surface area contributed by atoms with E-state index in [-0.39, 0.29) is 25.4 Å². The van der Waals surface area contributed by atoms with Crippen LogP contribution in [-0.4, -0.2) is 74.4 Å². The number of nitrogens with zero attached hydrogens (tertiary/aromatic N) is 1. The molecule has 1 rings (SSSR count). The predicted octanol–water partition coefficient (Wildman–Crippen LogP) is -0.677. The third kappa shape index (κ3) is 3.15. The lowest BCUT2D eigenvalue weighted by atomic mass is 9.92. The molecule has 0 aromatic rings. The minimum Gasteiger partial charge on any atom is -0.396 e. The average molecular weight is 233 g/mol. The summed E-state index contributed by atoms with van der Waals surface area (Å²) in [4.78, 5) is 2.16. The highest BCUT2D eigenvalue weighted by molar-refractivity contribution is 4.89. The fourth-order valence-corrected chi connectivity index (χ4v) is 2.09. The number of methoxy groups -OCH3 is 2. The van der Waals surface area contributed by atoms with Crippen molar-refractivity contribution in [2.45, 2.75) is 19.1 Å². The molecule has 1 aliphatic rings. The van der Waals surface area contributed by atoms with Crippen molar-refractivity contribution in [1.82, 2.24) is 4.90 Å². The largest absolute Gasteiger partial charge is 0.396 e. The Hall–Kier alpha value is -0.200. The molecule has 0 spiro atoms. The van der Waals surface area contributed by atoms with Crippen LogP contribution in [0.5, 0.6) is 0 Å². The standard InChI is InChI=1S/C11H23NO4/c1-11(7-13,8-14)6-12-4-9(15-2)10(5-12)16-3/h9-10,13-14H,4-8H2,1-3H3. The topological polar surface area (TPSA) is 62.2 Å². The van der Waals surface area contributed by atoms with Crippen molar-refractivity contribution in [3.05, 3.63) is 0 Å². The maximum Gasteiger partial charge on any atom is 0.0971 e. The van der Waals surface area contributed by atoms with Crippen LogP contribution in [0.2, 0.25) is 0 Å². The molecule has 0 radical (unpaired) electrons. The quantitative estimate of drug-likeness (QED) is 0.636. The summed E-state index contributed by atoms with van der Waals surface area (Å²) in [5, 5.41) is 18.5. The Balaban J connectivity index is 2.51. The highest BCUT2D eigenvalue weighted by Gasteiger charge is 2.36. The summed E-state index contributed by atoms with van der Waals surface area (Å²) in [5.41, 5.74) is -0.457. The molecule has 1 fully saturated rings. The fraction of sp³-hybridized carbons (Fsp3) is 1.00. The van der Waals surface area contributed by atoms with E-state index in [0.717, 1.165) is 13.1 Å². The molecule has 0 saturated carbocycles. The first kappa shape index (κ1) is 13.9. The summed E-state index contributed by atoms with van der Waals surface area (Å²) >= 11 is 0. The Bertz CT molecular complexity index is 196. The second-order valence-electron chi connectivity index (χ2n) is 4.87. The number of likely N-dealkylation sites (tertiary alicyclic amines) is 1. The summed E-state index contributed by atoms with van der Waals surface area (Å²) < 4.78 is 10.7. The Morgan fingerprint density at radius 3 is 1.88 bits per heavy atom. The molecule has 0 amide bonds. The highest BCUT2D eigenvalue weighted by atomic mass is 16.5. The van der Waals surface area contributed by atoms with Crippen molar-refractivity contribution in [3.8, 4) is 0 Å². The van der Waals surface area contributed by atoms with E-state index in [0.29, 0.717) is 6.54 Å². The van der Waals surface area contributed by atoms with Gasteiger partial charge in [0.2, 0.25) is 0 Å². The van der Waals surface area contributed by atoms with Crippen LogP contribution in [0, 0.1) is 5.41 Å². The third-order valence-electron chi connectivity index (χ3n) is 3.27. The lowest BCUT2D eigenvalue weighted by Gasteiger charge is -2.30. The van der Waals surface area contributed by atoms with Gasteiger partial charge in [-0.2, -0.15) is 0 Å². The number of hydrogen-bond acceptors (Lipinski definition) is 5. The molecule has 16 heavy (non-hydrogen) atoms. The summed E-state index contributed by atoms with van der Waals surface area (Å²) in [6.45, 7) is 4.05. The van der Waals surface area contributed by atoms with Gasteiger partial charge in [0.05, 0.1) is 25.4 Å². The molecule has 0 aliphatic carbocycles. The van der Waals surface area contributed by atoms with Gasteiger partial charge >= 0.3 is 0 Å². The van der Waals surface area contributed by atoms with Crippen molar-refractivity contribution in [3.63, 3.8) is 0 Å². The zero-order valence-corrected chi connectivity index (χ0v) is 10.3. The molecule has 1 aliphatic heterocycles. The molecule has 0 aromatic carbocycles. The van der Waals surface area contributed by atoms with Gasteiger partial charge in [-0.3, -0.25) is 4.90 Å². The van der Waals surface area contributed by atoms with Crippen molar-refractivity contribution in [2.24, 2.45) is 5.41 Å². The Morgan fingerprint density at radius 2 is 1.56 bits per heavy atom. The van der Waals surface area contributed by atoms with E-state index in [1.807, 2.05) is 6.92 Å². The van der Waals surface area contributed by atoms with E-state index in [4.69, 9.17) is 9.47 Å². The first-order chi connectivity index (χ1) is 7.58. The molecule has 96 valence electrons. The summed E-state index contributed by atoms with van der Waals surface area (Å²) in [6, 6.07) is 0. The van der Waals surface area contributed by atoms with Crippen LogP contribution in [-0.2, 0) is 9.47 Å². The SMILES string of the molecule is COC1CN(CC(C)(CO)CO)CC1OC. The molecule has 0 aromatic heterocycles. The second kappa shape index (κ2) is 5.93. The Kier molecular flexibility index (Phi) is 5.14. The summed E-state index contributed by atoms with van der Waals surface area (Å²) in [5.74, 6) is 0. The van der Waals surface area contributed by atoms with Crippen molar-refractivity contribution >= 4 is 0 Å². The average Bonchev–Trinajstić information content (AvgIpc) is 2.70. The zero-order valence-electron chi connectivity index (χ0n) is 10.3. The first-order valence-electron chi connectivity index (χ1n) is 5.58. The predicted molar refractivity (Wildman–Crippen MR) is 60.3 cm³/mol. The molecule has 5 nitrogen and oxygen atoms in total. The smallest absolute Gasteiger partial charge is 0.0971 e. The van der Waals surface area contributed by atoms with Crippen LogP contribution in [0.25, 0.3) is 0 Å². The van der Waals surface area contributed by atoms with E-state index in [1.165, 1.54) is 0 Å². The van der Waals surface area contributed by atoms with Gasteiger partial charge in [0, 0.05) is 39.3 Å². The third-order valence-corrected chi connectivity index (χ3v) is 3.27. The minimum absolute atomic E-state index is 0.0186. The lowest BCUT2D eigenvalue weighted by Crippen LogP contribution is -2.40. The normalized spacial score (nSPS) is 27.6. The zero-order chi connectivity index (χ0) is 12.2. The van der Waals surface area contributed by atoms with Crippen LogP contribution in [0.3, 0.4) is 0 Å². The van der Waals surface area contributed by atoms with E-state index < -0.39 is 5.41 Å². The molecule has 2 N–H and O–H groups in total. The number of ether oxygens (including phenoxy) is 2. The Labute approximate surface area is 97.0 Å². The molecule has 0 bridgehead atoms. The highest BCUT2D eigenvalue weighted by Crippen LogP contribution is 2.22. The van der Waals surface area contributed by atoms with Crippen molar-refractivity contribution < 1.29 is 19.7 Å². The molecule has 5 heteroatoms. The minimum atomic E-state index is -0.457. The van der Waals surface area contributed by atoms with Gasteiger partial charge in [-0.05, 0) is 0 Å². The van der Waals surface area contributed by atoms with Gasteiger partial charge in [0.15, 0.2) is 0 Å². The molecular formula is C11H23NO4. The van der Waals surface area contributed by atoms with Gasteiger partial charge in [-0.25, -0.2) is 0 Å². The molecular weight excluding hydrogens is 210 g/mol. The molecule has 1 saturated heterocycles. The van der Waals surface area contributed by atoms with Gasteiger partial charge in [0.1, 0.15) is 0 Å². The van der Waals surface area contributed by atoms with Crippen LogP contribution >= 0.6 is 0 Å². The summed E-state index contributed by atoms with van der Waals surface area (Å²) in [6.07, 6.45) is 0.151. The van der Waals surface area contributed by atoms with E-state index in [9.17, 15) is 10.2 Å². The fourth-order valence-electron chi connectivity index (χ4n) is 2.09. The van der Waals surface area contributed by atoms with Crippen LogP contribution in [0.15, 0.2) is 0 Å². The van der Waals surface area contributed by atoms with Crippen LogP contribution < -0.4 is 0 Å². The van der Waals surface area contributed by atoms with Gasteiger partial charge < -0.3 is 19.7 Å². The van der Waals surface area contributed by atoms with E-state index >= 15 is 0 Å². The van der Waals surface area contributed by atoms with Crippen LogP contribution in [0.4, 0.5) is 0 Å². The number of aliphatic hydroxyl groups is 2. The van der Waals surface area contributed by atoms with Crippen LogP contribution in [0.1, 0.15) is 6.92 Å². The second-order valence-corrected chi connectivity index (χ2v) is 4.87. The molecule has 2 unspecified atom stereocenters. The summed E-state index contributed by atoms with van der Waals surface area (Å²) in [7, 11) is 3.36. The van der Waals surface area contributed by atoms with E-state index in [1.54, 1.807) is 14.2 Å². The molecule has 1 heterocycles. The first-order valence-corrected chi connectivity index (χ1v) is 5.58. The maximum atomic E-state index is 9.24. The number of aliphatic hydroxyl groups excluding tert-OH is 2. The monoisotopic (exact) mass is 233 g/mol. The van der Waals surface area contributed by atoms with Gasteiger partial charge in [-0.1, -0.05) is 6.92 Å². The van der Waals surface area contributed by atoms with Crippen molar-refractivity contribution in [1.29, 1.82) is 0 Å².